The van der Waals surface area contributed by atoms with Crippen molar-refractivity contribution in [3.05, 3.63) is 35.4 Å². The molecular formula is C22H33N3O2. The van der Waals surface area contributed by atoms with Crippen LogP contribution in [-0.4, -0.2) is 42.4 Å². The Kier molecular flexibility index (Phi) is 6.53. The summed E-state index contributed by atoms with van der Waals surface area (Å²) in [6.07, 6.45) is 4.43. The standard InChI is InChI=1S/C22H33N3O2/c1-15(2)16-6-8-17(9-7-16)19-13-20(19)22(27)25-12-4-3-5-18(25)14-24-21(26)10-11-23/h6-9,15,18-20H,3-5,10-14,23H2,1-2H3,(H,24,26). The first-order chi connectivity index (χ1) is 13.0. The first-order valence-electron chi connectivity index (χ1n) is 10.4. The van der Waals surface area contributed by atoms with Crippen LogP contribution in [-0.2, 0) is 9.59 Å². The van der Waals surface area contributed by atoms with E-state index >= 15 is 0 Å². The Morgan fingerprint density at radius 1 is 1.22 bits per heavy atom. The van der Waals surface area contributed by atoms with Gasteiger partial charge in [-0.2, -0.15) is 0 Å². The van der Waals surface area contributed by atoms with E-state index in [-0.39, 0.29) is 23.8 Å². The number of piperidine rings is 1. The Morgan fingerprint density at radius 3 is 2.63 bits per heavy atom. The molecule has 2 amide bonds. The number of nitrogens with two attached hydrogens (primary N) is 1. The molecule has 5 heteroatoms. The third-order valence-electron chi connectivity index (χ3n) is 5.96. The third kappa shape index (κ3) is 4.89. The van der Waals surface area contributed by atoms with Gasteiger partial charge in [0.25, 0.3) is 0 Å². The molecule has 1 heterocycles. The van der Waals surface area contributed by atoms with Crippen molar-refractivity contribution >= 4 is 11.8 Å². The highest BCUT2D eigenvalue weighted by atomic mass is 16.2. The second-order valence-electron chi connectivity index (χ2n) is 8.29. The van der Waals surface area contributed by atoms with Gasteiger partial charge in [-0.15, -0.1) is 0 Å². The van der Waals surface area contributed by atoms with Crippen LogP contribution in [0.2, 0.25) is 0 Å². The van der Waals surface area contributed by atoms with Crippen LogP contribution >= 0.6 is 0 Å². The molecule has 1 aromatic carbocycles. The zero-order chi connectivity index (χ0) is 19.4. The summed E-state index contributed by atoms with van der Waals surface area (Å²) >= 11 is 0. The van der Waals surface area contributed by atoms with Gasteiger partial charge >= 0.3 is 0 Å². The zero-order valence-corrected chi connectivity index (χ0v) is 16.6. The van der Waals surface area contributed by atoms with Crippen LogP contribution in [0.3, 0.4) is 0 Å². The van der Waals surface area contributed by atoms with Crippen molar-refractivity contribution < 1.29 is 9.59 Å². The van der Waals surface area contributed by atoms with Gasteiger partial charge in [-0.25, -0.2) is 0 Å². The molecule has 27 heavy (non-hydrogen) atoms. The average Bonchev–Trinajstić information content (AvgIpc) is 3.47. The van der Waals surface area contributed by atoms with E-state index in [1.165, 1.54) is 11.1 Å². The van der Waals surface area contributed by atoms with Gasteiger partial charge in [0.15, 0.2) is 0 Å². The monoisotopic (exact) mass is 371 g/mol. The van der Waals surface area contributed by atoms with Crippen molar-refractivity contribution in [3.8, 4) is 0 Å². The van der Waals surface area contributed by atoms with Gasteiger partial charge in [0, 0.05) is 38.0 Å². The maximum Gasteiger partial charge on any atom is 0.226 e. The van der Waals surface area contributed by atoms with Gasteiger partial charge in [-0.05, 0) is 48.6 Å². The summed E-state index contributed by atoms with van der Waals surface area (Å²) in [6, 6.07) is 8.88. The lowest BCUT2D eigenvalue weighted by atomic mass is 9.98. The van der Waals surface area contributed by atoms with Crippen molar-refractivity contribution in [3.63, 3.8) is 0 Å². The summed E-state index contributed by atoms with van der Waals surface area (Å²) in [5, 5.41) is 2.94. The number of rotatable bonds is 7. The largest absolute Gasteiger partial charge is 0.354 e. The first kappa shape index (κ1) is 19.9. The van der Waals surface area contributed by atoms with E-state index < -0.39 is 0 Å². The second-order valence-corrected chi connectivity index (χ2v) is 8.29. The third-order valence-corrected chi connectivity index (χ3v) is 5.96. The molecule has 3 rings (SSSR count). The Labute approximate surface area is 162 Å². The van der Waals surface area contributed by atoms with Crippen molar-refractivity contribution in [1.29, 1.82) is 0 Å². The van der Waals surface area contributed by atoms with E-state index in [2.05, 4.69) is 43.4 Å². The Hall–Kier alpha value is -1.88. The summed E-state index contributed by atoms with van der Waals surface area (Å²) in [5.41, 5.74) is 8.05. The second kappa shape index (κ2) is 8.87. The number of carbonyl (C=O) groups is 2. The minimum atomic E-state index is -0.0231. The van der Waals surface area contributed by atoms with Crippen molar-refractivity contribution in [2.75, 3.05) is 19.6 Å². The molecule has 3 N–H and O–H groups in total. The molecule has 3 unspecified atom stereocenters. The predicted octanol–water partition coefficient (Wildman–Crippen LogP) is 2.76. The molecule has 1 saturated carbocycles. The summed E-state index contributed by atoms with van der Waals surface area (Å²) < 4.78 is 0. The quantitative estimate of drug-likeness (QED) is 0.774. The molecule has 2 fully saturated rings. The SMILES string of the molecule is CC(C)c1ccc(C2CC2C(=O)N2CCCCC2CNC(=O)CCN)cc1. The Balaban J connectivity index is 1.58. The van der Waals surface area contributed by atoms with Gasteiger partial charge in [0.05, 0.1) is 0 Å². The fourth-order valence-corrected chi connectivity index (χ4v) is 4.13. The average molecular weight is 372 g/mol. The molecule has 1 aliphatic carbocycles. The van der Waals surface area contributed by atoms with Gasteiger partial charge in [0.2, 0.25) is 11.8 Å². The maximum atomic E-state index is 13.1. The van der Waals surface area contributed by atoms with Crippen LogP contribution in [0.15, 0.2) is 24.3 Å². The smallest absolute Gasteiger partial charge is 0.226 e. The van der Waals surface area contributed by atoms with E-state index in [0.717, 1.165) is 32.2 Å². The van der Waals surface area contributed by atoms with Crippen LogP contribution in [0, 0.1) is 5.92 Å². The summed E-state index contributed by atoms with van der Waals surface area (Å²) in [4.78, 5) is 26.8. The van der Waals surface area contributed by atoms with Crippen LogP contribution in [0.4, 0.5) is 0 Å². The number of hydrogen-bond donors (Lipinski definition) is 2. The molecule has 0 radical (unpaired) electrons. The molecule has 1 saturated heterocycles. The van der Waals surface area contributed by atoms with E-state index in [4.69, 9.17) is 5.73 Å². The first-order valence-corrected chi connectivity index (χ1v) is 10.4. The van der Waals surface area contributed by atoms with Crippen molar-refractivity contribution in [1.82, 2.24) is 10.2 Å². The highest BCUT2D eigenvalue weighted by Crippen LogP contribution is 2.49. The number of nitrogens with zero attached hydrogens (tertiary/aromatic N) is 1. The van der Waals surface area contributed by atoms with Crippen LogP contribution in [0.1, 0.15) is 68.9 Å². The molecule has 0 bridgehead atoms. The molecular weight excluding hydrogens is 338 g/mol. The Bertz CT molecular complexity index is 656. The number of likely N-dealkylation sites (tertiary alicyclic amines) is 1. The van der Waals surface area contributed by atoms with E-state index in [1.54, 1.807) is 0 Å². The summed E-state index contributed by atoms with van der Waals surface area (Å²) in [5.74, 6) is 1.23. The van der Waals surface area contributed by atoms with Gasteiger partial charge in [-0.3, -0.25) is 9.59 Å². The molecule has 5 nitrogen and oxygen atoms in total. The highest BCUT2D eigenvalue weighted by molar-refractivity contribution is 5.83. The molecule has 1 aliphatic heterocycles. The minimum Gasteiger partial charge on any atom is -0.354 e. The molecule has 3 atom stereocenters. The minimum absolute atomic E-state index is 0.0231. The zero-order valence-electron chi connectivity index (χ0n) is 16.6. The number of carbonyl (C=O) groups excluding carboxylic acids is 2. The lowest BCUT2D eigenvalue weighted by Crippen LogP contribution is -2.50. The Morgan fingerprint density at radius 2 is 1.96 bits per heavy atom. The van der Waals surface area contributed by atoms with E-state index in [1.807, 2.05) is 4.90 Å². The topological polar surface area (TPSA) is 75.4 Å². The van der Waals surface area contributed by atoms with Crippen LogP contribution in [0.5, 0.6) is 0 Å². The molecule has 2 aliphatic rings. The lowest BCUT2D eigenvalue weighted by molar-refractivity contribution is -0.137. The van der Waals surface area contributed by atoms with Gasteiger partial charge < -0.3 is 16.0 Å². The van der Waals surface area contributed by atoms with Gasteiger partial charge in [-0.1, -0.05) is 38.1 Å². The highest BCUT2D eigenvalue weighted by Gasteiger charge is 2.47. The molecule has 0 aromatic heterocycles. The van der Waals surface area contributed by atoms with Crippen molar-refractivity contribution in [2.24, 2.45) is 11.7 Å². The summed E-state index contributed by atoms with van der Waals surface area (Å²) in [6.45, 7) is 6.11. The predicted molar refractivity (Wildman–Crippen MR) is 107 cm³/mol. The van der Waals surface area contributed by atoms with E-state index in [9.17, 15) is 9.59 Å². The summed E-state index contributed by atoms with van der Waals surface area (Å²) in [7, 11) is 0. The fraction of sp³-hybridized carbons (Fsp3) is 0.636. The van der Waals surface area contributed by atoms with Crippen LogP contribution < -0.4 is 11.1 Å². The number of benzene rings is 1. The molecule has 1 aromatic rings. The number of amides is 2. The number of hydrogen-bond acceptors (Lipinski definition) is 3. The number of nitrogens with one attached hydrogen (secondary N) is 1. The molecule has 0 spiro atoms. The van der Waals surface area contributed by atoms with Gasteiger partial charge in [0.1, 0.15) is 0 Å². The van der Waals surface area contributed by atoms with E-state index in [0.29, 0.717) is 31.3 Å². The van der Waals surface area contributed by atoms with Crippen LogP contribution in [0.25, 0.3) is 0 Å². The lowest BCUT2D eigenvalue weighted by Gasteiger charge is -2.36. The maximum absolute atomic E-state index is 13.1. The molecule has 148 valence electrons. The fourth-order valence-electron chi connectivity index (χ4n) is 4.13. The van der Waals surface area contributed by atoms with Crippen molar-refractivity contribution in [2.45, 2.75) is 63.8 Å². The normalized spacial score (nSPS) is 24.7.